The molecule has 4 nitrogen and oxygen atoms in total. The Morgan fingerprint density at radius 2 is 1.80 bits per heavy atom. The Morgan fingerprint density at radius 1 is 1.27 bits per heavy atom. The second kappa shape index (κ2) is 4.22. The summed E-state index contributed by atoms with van der Waals surface area (Å²) in [6.07, 6.45) is 2.18. The molecule has 1 aromatic carbocycles. The summed E-state index contributed by atoms with van der Waals surface area (Å²) in [5.41, 5.74) is 0.477. The van der Waals surface area contributed by atoms with Crippen molar-refractivity contribution < 1.29 is 22.2 Å². The summed E-state index contributed by atoms with van der Waals surface area (Å²) in [6.45, 7) is 0. The Kier molecular flexibility index (Phi) is 3.21. The van der Waals surface area contributed by atoms with Crippen LogP contribution >= 0.6 is 0 Å². The second-order valence-corrected chi connectivity index (χ2v) is 4.03. The van der Waals surface area contributed by atoms with Crippen LogP contribution in [-0.4, -0.2) is 19.5 Å². The maximum absolute atomic E-state index is 12.4. The summed E-state index contributed by atoms with van der Waals surface area (Å²) in [7, 11) is -4.69. The molecule has 80 valence electrons. The first kappa shape index (κ1) is 11.4. The van der Waals surface area contributed by atoms with Crippen molar-refractivity contribution in [2.24, 2.45) is 0 Å². The Hall–Kier alpha value is -1.69. The number of halogens is 1. The van der Waals surface area contributed by atoms with Crippen molar-refractivity contribution >= 4 is 22.3 Å². The lowest BCUT2D eigenvalue weighted by Gasteiger charge is -1.95. The van der Waals surface area contributed by atoms with Gasteiger partial charge in [0.25, 0.3) is 0 Å². The molecule has 6 heteroatoms. The number of carboxylic acid groups (broad SMARTS) is 1. The summed E-state index contributed by atoms with van der Waals surface area (Å²) in [5.74, 6) is -1.11. The highest BCUT2D eigenvalue weighted by Gasteiger charge is 2.10. The van der Waals surface area contributed by atoms with Crippen LogP contribution in [-0.2, 0) is 15.0 Å². The Balaban J connectivity index is 2.96. The van der Waals surface area contributed by atoms with E-state index in [9.17, 15) is 17.1 Å². The van der Waals surface area contributed by atoms with Crippen molar-refractivity contribution in [1.29, 1.82) is 0 Å². The molecule has 1 N–H and O–H groups in total. The third kappa shape index (κ3) is 3.51. The zero-order valence-corrected chi connectivity index (χ0v) is 8.24. The lowest BCUT2D eigenvalue weighted by Crippen LogP contribution is -1.91. The normalized spacial score (nSPS) is 11.8. The molecular weight excluding hydrogens is 223 g/mol. The number of hydrogen-bond acceptors (Lipinski definition) is 3. The van der Waals surface area contributed by atoms with E-state index < -0.39 is 21.1 Å². The fraction of sp³-hybridized carbons (Fsp3) is 0. The zero-order valence-electron chi connectivity index (χ0n) is 7.42. The predicted octanol–water partition coefficient (Wildman–Crippen LogP) is 1.44. The van der Waals surface area contributed by atoms with E-state index in [0.29, 0.717) is 5.56 Å². The SMILES string of the molecule is O=C(O)/C=C\c1ccc(S(=O)(=O)F)cc1. The van der Waals surface area contributed by atoms with Gasteiger partial charge in [-0.25, -0.2) is 4.79 Å². The molecule has 1 aromatic rings. The molecule has 0 aliphatic carbocycles. The van der Waals surface area contributed by atoms with Gasteiger partial charge < -0.3 is 5.11 Å². The summed E-state index contributed by atoms with van der Waals surface area (Å²) >= 11 is 0. The van der Waals surface area contributed by atoms with Crippen molar-refractivity contribution in [1.82, 2.24) is 0 Å². The largest absolute Gasteiger partial charge is 0.478 e. The van der Waals surface area contributed by atoms with Crippen molar-refractivity contribution in [2.75, 3.05) is 0 Å². The molecule has 0 aliphatic rings. The van der Waals surface area contributed by atoms with E-state index in [4.69, 9.17) is 5.11 Å². The Morgan fingerprint density at radius 3 is 2.20 bits per heavy atom. The highest BCUT2D eigenvalue weighted by molar-refractivity contribution is 7.86. The first-order chi connectivity index (χ1) is 6.89. The summed E-state index contributed by atoms with van der Waals surface area (Å²) < 4.78 is 33.3. The van der Waals surface area contributed by atoms with Crippen LogP contribution in [0.4, 0.5) is 3.89 Å². The van der Waals surface area contributed by atoms with Gasteiger partial charge in [-0.15, -0.1) is 3.89 Å². The number of carbonyl (C=O) groups is 1. The summed E-state index contributed by atoms with van der Waals surface area (Å²) in [4.78, 5) is 9.71. The fourth-order valence-electron chi connectivity index (χ4n) is 0.909. The predicted molar refractivity (Wildman–Crippen MR) is 51.4 cm³/mol. The lowest BCUT2D eigenvalue weighted by molar-refractivity contribution is -0.131. The molecule has 15 heavy (non-hydrogen) atoms. The summed E-state index contributed by atoms with van der Waals surface area (Å²) in [6, 6.07) is 4.76. The van der Waals surface area contributed by atoms with E-state index in [0.717, 1.165) is 18.2 Å². The van der Waals surface area contributed by atoms with Gasteiger partial charge in [-0.05, 0) is 23.8 Å². The van der Waals surface area contributed by atoms with Crippen LogP contribution in [0.5, 0.6) is 0 Å². The third-order valence-electron chi connectivity index (χ3n) is 1.58. The molecule has 0 heterocycles. The fourth-order valence-corrected chi connectivity index (χ4v) is 1.37. The average Bonchev–Trinajstić information content (AvgIpc) is 2.14. The van der Waals surface area contributed by atoms with E-state index in [-0.39, 0.29) is 0 Å². The molecule has 0 aromatic heterocycles. The molecule has 0 atom stereocenters. The molecule has 0 saturated carbocycles. The molecule has 0 unspecified atom stereocenters. The smallest absolute Gasteiger partial charge is 0.332 e. The highest BCUT2D eigenvalue weighted by atomic mass is 32.3. The van der Waals surface area contributed by atoms with Gasteiger partial charge in [-0.1, -0.05) is 12.1 Å². The minimum Gasteiger partial charge on any atom is -0.478 e. The number of aliphatic carboxylic acids is 1. The van der Waals surface area contributed by atoms with Crippen LogP contribution in [0.25, 0.3) is 6.08 Å². The molecule has 0 saturated heterocycles. The molecule has 0 radical (unpaired) electrons. The van der Waals surface area contributed by atoms with Gasteiger partial charge in [0.2, 0.25) is 0 Å². The number of carboxylic acids is 1. The van der Waals surface area contributed by atoms with E-state index in [2.05, 4.69) is 0 Å². The van der Waals surface area contributed by atoms with Gasteiger partial charge in [0.1, 0.15) is 0 Å². The topological polar surface area (TPSA) is 71.4 Å². The van der Waals surface area contributed by atoms with Gasteiger partial charge in [-0.3, -0.25) is 0 Å². The van der Waals surface area contributed by atoms with Gasteiger partial charge in [0, 0.05) is 6.08 Å². The van der Waals surface area contributed by atoms with Crippen molar-refractivity contribution in [3.05, 3.63) is 35.9 Å². The van der Waals surface area contributed by atoms with Crippen LogP contribution in [0.15, 0.2) is 35.2 Å². The second-order valence-electron chi connectivity index (χ2n) is 2.68. The minimum atomic E-state index is -4.69. The minimum absolute atomic E-state index is 0.449. The Bertz CT molecular complexity index is 487. The van der Waals surface area contributed by atoms with Crippen LogP contribution in [0.3, 0.4) is 0 Å². The average molecular weight is 230 g/mol. The van der Waals surface area contributed by atoms with Crippen LogP contribution in [0.2, 0.25) is 0 Å². The first-order valence-electron chi connectivity index (χ1n) is 3.85. The maximum Gasteiger partial charge on any atom is 0.332 e. The summed E-state index contributed by atoms with van der Waals surface area (Å²) in [5, 5.41) is 8.32. The third-order valence-corrected chi connectivity index (χ3v) is 2.42. The molecule has 0 aliphatic heterocycles. The van der Waals surface area contributed by atoms with Crippen molar-refractivity contribution in [3.8, 4) is 0 Å². The molecule has 0 spiro atoms. The van der Waals surface area contributed by atoms with E-state index in [1.54, 1.807) is 0 Å². The van der Waals surface area contributed by atoms with Gasteiger partial charge in [0.15, 0.2) is 0 Å². The molecule has 0 fully saturated rings. The standard InChI is InChI=1S/C9H7FO4S/c10-15(13,14)8-4-1-7(2-5-8)3-6-9(11)12/h1-6H,(H,11,12)/b6-3-. The van der Waals surface area contributed by atoms with E-state index in [1.165, 1.54) is 18.2 Å². The van der Waals surface area contributed by atoms with Crippen molar-refractivity contribution in [2.45, 2.75) is 4.90 Å². The van der Waals surface area contributed by atoms with Crippen molar-refractivity contribution in [3.63, 3.8) is 0 Å². The van der Waals surface area contributed by atoms with E-state index >= 15 is 0 Å². The van der Waals surface area contributed by atoms with Gasteiger partial charge >= 0.3 is 16.2 Å². The van der Waals surface area contributed by atoms with Crippen LogP contribution < -0.4 is 0 Å². The highest BCUT2D eigenvalue weighted by Crippen LogP contribution is 2.13. The van der Waals surface area contributed by atoms with E-state index in [1.807, 2.05) is 0 Å². The number of hydrogen-bond donors (Lipinski definition) is 1. The monoisotopic (exact) mass is 230 g/mol. The van der Waals surface area contributed by atoms with Gasteiger partial charge in [-0.2, -0.15) is 8.42 Å². The molecule has 0 bridgehead atoms. The van der Waals surface area contributed by atoms with Gasteiger partial charge in [0.05, 0.1) is 4.90 Å². The number of rotatable bonds is 3. The maximum atomic E-state index is 12.4. The first-order valence-corrected chi connectivity index (χ1v) is 5.24. The Labute approximate surface area is 85.9 Å². The molecular formula is C9H7FO4S. The number of benzene rings is 1. The zero-order chi connectivity index (χ0) is 11.5. The van der Waals surface area contributed by atoms with Crippen LogP contribution in [0, 0.1) is 0 Å². The molecule has 1 rings (SSSR count). The van der Waals surface area contributed by atoms with Crippen LogP contribution in [0.1, 0.15) is 5.56 Å². The molecule has 0 amide bonds. The lowest BCUT2D eigenvalue weighted by atomic mass is 10.2. The quantitative estimate of drug-likeness (QED) is 0.630.